The average molecular weight is 328 g/mol. The number of rotatable bonds is 4. The maximum atomic E-state index is 12.3. The lowest BCUT2D eigenvalue weighted by Crippen LogP contribution is -2.40. The molecule has 1 fully saturated rings. The Morgan fingerprint density at radius 3 is 2.67 bits per heavy atom. The molecule has 2 amide bonds. The van der Waals surface area contributed by atoms with Crippen molar-refractivity contribution in [3.8, 4) is 5.69 Å². The van der Waals surface area contributed by atoms with Crippen LogP contribution in [-0.2, 0) is 0 Å². The Morgan fingerprint density at radius 2 is 2.00 bits per heavy atom. The fourth-order valence-electron chi connectivity index (χ4n) is 3.16. The van der Waals surface area contributed by atoms with E-state index in [0.29, 0.717) is 5.92 Å². The summed E-state index contributed by atoms with van der Waals surface area (Å²) in [6.45, 7) is 2.18. The molecular formula is C18H24N4O2. The molecule has 1 heterocycles. The van der Waals surface area contributed by atoms with Gasteiger partial charge in [-0.05, 0) is 56.7 Å². The molecule has 1 aliphatic rings. The van der Waals surface area contributed by atoms with Gasteiger partial charge in [-0.25, -0.2) is 9.48 Å². The Balaban J connectivity index is 1.63. The summed E-state index contributed by atoms with van der Waals surface area (Å²) >= 11 is 0. The molecule has 0 unspecified atom stereocenters. The van der Waals surface area contributed by atoms with Gasteiger partial charge in [-0.1, -0.05) is 12.1 Å². The summed E-state index contributed by atoms with van der Waals surface area (Å²) in [5.41, 5.74) is 2.49. The second-order valence-electron chi connectivity index (χ2n) is 6.42. The molecule has 2 aromatic rings. The Labute approximate surface area is 141 Å². The number of anilines is 1. The number of aryl methyl sites for hydroxylation is 1. The quantitative estimate of drug-likeness (QED) is 0.807. The van der Waals surface area contributed by atoms with Gasteiger partial charge in [-0.2, -0.15) is 5.10 Å². The molecule has 24 heavy (non-hydrogen) atoms. The number of carbonyl (C=O) groups is 1. The predicted molar refractivity (Wildman–Crippen MR) is 93.3 cm³/mol. The van der Waals surface area contributed by atoms with Gasteiger partial charge < -0.3 is 15.7 Å². The van der Waals surface area contributed by atoms with Crippen LogP contribution in [0.2, 0.25) is 0 Å². The molecule has 1 aromatic heterocycles. The van der Waals surface area contributed by atoms with E-state index in [1.807, 2.05) is 43.5 Å². The van der Waals surface area contributed by atoms with E-state index in [1.165, 1.54) is 0 Å². The van der Waals surface area contributed by atoms with Gasteiger partial charge in [0.2, 0.25) is 0 Å². The van der Waals surface area contributed by atoms with Crippen LogP contribution in [0.3, 0.4) is 0 Å². The molecule has 0 saturated heterocycles. The summed E-state index contributed by atoms with van der Waals surface area (Å²) in [6, 6.07) is 9.51. The van der Waals surface area contributed by atoms with Crippen LogP contribution in [0, 0.1) is 12.8 Å². The van der Waals surface area contributed by atoms with Crippen molar-refractivity contribution >= 4 is 11.7 Å². The minimum absolute atomic E-state index is 0.173. The number of amides is 2. The van der Waals surface area contributed by atoms with Gasteiger partial charge in [0.15, 0.2) is 0 Å². The highest BCUT2D eigenvalue weighted by molar-refractivity contribution is 5.91. The normalized spacial score (nSPS) is 20.6. The lowest BCUT2D eigenvalue weighted by atomic mass is 9.87. The molecule has 3 rings (SSSR count). The van der Waals surface area contributed by atoms with Crippen molar-refractivity contribution < 1.29 is 9.90 Å². The zero-order valence-electron chi connectivity index (χ0n) is 13.9. The number of carbonyl (C=O) groups excluding carboxylic acids is 1. The molecule has 6 nitrogen and oxygen atoms in total. The van der Waals surface area contributed by atoms with Crippen LogP contribution in [0.25, 0.3) is 5.69 Å². The second-order valence-corrected chi connectivity index (χ2v) is 6.42. The largest absolute Gasteiger partial charge is 0.396 e. The van der Waals surface area contributed by atoms with Gasteiger partial charge in [0.25, 0.3) is 0 Å². The summed E-state index contributed by atoms with van der Waals surface area (Å²) in [5.74, 6) is 0.384. The maximum Gasteiger partial charge on any atom is 0.319 e. The van der Waals surface area contributed by atoms with E-state index in [4.69, 9.17) is 0 Å². The first kappa shape index (κ1) is 16.5. The topological polar surface area (TPSA) is 79.2 Å². The number of aliphatic hydroxyl groups excluding tert-OH is 1. The molecule has 0 aliphatic heterocycles. The summed E-state index contributed by atoms with van der Waals surface area (Å²) in [7, 11) is 0. The Morgan fingerprint density at radius 1 is 1.25 bits per heavy atom. The van der Waals surface area contributed by atoms with Crippen molar-refractivity contribution in [1.29, 1.82) is 0 Å². The van der Waals surface area contributed by atoms with Gasteiger partial charge >= 0.3 is 6.03 Å². The van der Waals surface area contributed by atoms with Crippen LogP contribution in [0.4, 0.5) is 10.5 Å². The molecular weight excluding hydrogens is 304 g/mol. The van der Waals surface area contributed by atoms with Crippen LogP contribution >= 0.6 is 0 Å². The van der Waals surface area contributed by atoms with E-state index in [1.54, 1.807) is 4.68 Å². The molecule has 3 N–H and O–H groups in total. The number of benzene rings is 1. The number of aliphatic hydroxyl groups is 1. The monoisotopic (exact) mass is 328 g/mol. The number of hydrogen-bond donors (Lipinski definition) is 3. The van der Waals surface area contributed by atoms with Crippen molar-refractivity contribution in [3.63, 3.8) is 0 Å². The van der Waals surface area contributed by atoms with Crippen molar-refractivity contribution in [1.82, 2.24) is 15.1 Å². The smallest absolute Gasteiger partial charge is 0.319 e. The summed E-state index contributed by atoms with van der Waals surface area (Å²) in [5, 5.41) is 19.6. The molecule has 1 saturated carbocycles. The lowest BCUT2D eigenvalue weighted by Gasteiger charge is -2.28. The highest BCUT2D eigenvalue weighted by atomic mass is 16.3. The summed E-state index contributed by atoms with van der Waals surface area (Å²) in [6.07, 6.45) is 5.64. The number of urea groups is 1. The average Bonchev–Trinajstić information content (AvgIpc) is 3.02. The number of nitrogens with one attached hydrogen (secondary N) is 2. The zero-order valence-corrected chi connectivity index (χ0v) is 13.9. The van der Waals surface area contributed by atoms with E-state index in [9.17, 15) is 9.90 Å². The van der Waals surface area contributed by atoms with Crippen molar-refractivity contribution in [2.45, 2.75) is 38.6 Å². The Bertz CT molecular complexity index is 690. The fraction of sp³-hybridized carbons (Fsp3) is 0.444. The van der Waals surface area contributed by atoms with Gasteiger partial charge in [0, 0.05) is 18.8 Å². The number of aromatic nitrogens is 2. The zero-order chi connectivity index (χ0) is 16.9. The Kier molecular flexibility index (Phi) is 5.15. The highest BCUT2D eigenvalue weighted by Crippen LogP contribution is 2.24. The molecule has 0 spiro atoms. The van der Waals surface area contributed by atoms with Crippen LogP contribution in [0.5, 0.6) is 0 Å². The lowest BCUT2D eigenvalue weighted by molar-refractivity contribution is 0.176. The number of hydrogen-bond acceptors (Lipinski definition) is 3. The number of para-hydroxylation sites is 2. The summed E-state index contributed by atoms with van der Waals surface area (Å²) < 4.78 is 1.76. The summed E-state index contributed by atoms with van der Waals surface area (Å²) in [4.78, 5) is 12.3. The van der Waals surface area contributed by atoms with Gasteiger partial charge in [0.1, 0.15) is 0 Å². The van der Waals surface area contributed by atoms with Gasteiger partial charge in [0.05, 0.1) is 17.1 Å². The van der Waals surface area contributed by atoms with E-state index in [2.05, 4.69) is 15.7 Å². The molecule has 128 valence electrons. The predicted octanol–water partition coefficient (Wildman–Crippen LogP) is 2.85. The molecule has 1 aliphatic carbocycles. The first-order valence-electron chi connectivity index (χ1n) is 8.46. The number of nitrogens with zero attached hydrogens (tertiary/aromatic N) is 2. The van der Waals surface area contributed by atoms with Gasteiger partial charge in [-0.3, -0.25) is 0 Å². The standard InChI is InChI=1S/C18H24N4O2/c1-13-10-11-22(21-13)17-5-3-2-4-16(17)20-18(24)19-15-8-6-14(12-23)7-9-15/h2-5,10-11,14-15,23H,6-9,12H2,1H3,(H2,19,20,24). The third-order valence-corrected chi connectivity index (χ3v) is 4.56. The highest BCUT2D eigenvalue weighted by Gasteiger charge is 2.22. The first-order valence-corrected chi connectivity index (χ1v) is 8.46. The Hall–Kier alpha value is -2.34. The van der Waals surface area contributed by atoms with E-state index >= 15 is 0 Å². The van der Waals surface area contributed by atoms with E-state index in [0.717, 1.165) is 42.8 Å². The molecule has 0 bridgehead atoms. The first-order chi connectivity index (χ1) is 11.7. The molecule has 1 aromatic carbocycles. The fourth-order valence-corrected chi connectivity index (χ4v) is 3.16. The van der Waals surface area contributed by atoms with Crippen LogP contribution in [0.15, 0.2) is 36.5 Å². The minimum atomic E-state index is -0.196. The van der Waals surface area contributed by atoms with Crippen LogP contribution in [0.1, 0.15) is 31.4 Å². The molecule has 0 atom stereocenters. The van der Waals surface area contributed by atoms with Crippen LogP contribution < -0.4 is 10.6 Å². The van der Waals surface area contributed by atoms with E-state index < -0.39 is 0 Å². The van der Waals surface area contributed by atoms with E-state index in [-0.39, 0.29) is 18.7 Å². The second kappa shape index (κ2) is 7.49. The molecule has 6 heteroatoms. The third kappa shape index (κ3) is 3.94. The minimum Gasteiger partial charge on any atom is -0.396 e. The van der Waals surface area contributed by atoms with Crippen LogP contribution in [-0.4, -0.2) is 33.6 Å². The van der Waals surface area contributed by atoms with Gasteiger partial charge in [-0.15, -0.1) is 0 Å². The van der Waals surface area contributed by atoms with Crippen molar-refractivity contribution in [3.05, 3.63) is 42.2 Å². The molecule has 0 radical (unpaired) electrons. The maximum absolute atomic E-state index is 12.3. The van der Waals surface area contributed by atoms with Crippen molar-refractivity contribution in [2.75, 3.05) is 11.9 Å². The third-order valence-electron chi connectivity index (χ3n) is 4.56. The SMILES string of the molecule is Cc1ccn(-c2ccccc2NC(=O)NC2CCC(CO)CC2)n1. The van der Waals surface area contributed by atoms with Crippen molar-refractivity contribution in [2.24, 2.45) is 5.92 Å².